The van der Waals surface area contributed by atoms with Crippen molar-refractivity contribution in [2.45, 2.75) is 78.4 Å². The van der Waals surface area contributed by atoms with Crippen LogP contribution < -0.4 is 10.6 Å². The van der Waals surface area contributed by atoms with E-state index in [4.69, 9.17) is 4.98 Å². The van der Waals surface area contributed by atoms with Crippen LogP contribution in [0.15, 0.2) is 6.07 Å². The number of nitrogens with zero attached hydrogens (tertiary/aromatic N) is 3. The van der Waals surface area contributed by atoms with Crippen LogP contribution in [-0.2, 0) is 17.8 Å². The number of aromatic nitrogens is 3. The lowest BCUT2D eigenvalue weighted by atomic mass is 10.1. The normalized spacial score (nSPS) is 15.7. The monoisotopic (exact) mass is 371 g/mol. The van der Waals surface area contributed by atoms with Gasteiger partial charge in [-0.1, -0.05) is 6.42 Å². The van der Waals surface area contributed by atoms with E-state index in [2.05, 4.69) is 20.2 Å². The number of aryl methyl sites for hydroxylation is 3. The van der Waals surface area contributed by atoms with Crippen molar-refractivity contribution in [3.8, 4) is 0 Å². The maximum absolute atomic E-state index is 12.9. The molecule has 0 radical (unpaired) electrons. The number of carbonyl (C=O) groups excluding carboxylic acids is 2. The molecule has 1 aliphatic heterocycles. The SMILES string of the molecule is Cc1cc(C(=O)N[C@H](C)C(=O)NC(C)(C)C)c2nc3n(c2n1)CCCCC3. The zero-order valence-electron chi connectivity index (χ0n) is 16.8. The number of pyridine rings is 1. The lowest BCUT2D eigenvalue weighted by Crippen LogP contribution is -2.50. The van der Waals surface area contributed by atoms with E-state index in [0.717, 1.165) is 43.0 Å². The molecule has 0 fully saturated rings. The number of hydrogen-bond acceptors (Lipinski definition) is 4. The minimum absolute atomic E-state index is 0.210. The van der Waals surface area contributed by atoms with Crippen LogP contribution in [0.25, 0.3) is 11.2 Å². The third-order valence-corrected chi connectivity index (χ3v) is 4.68. The van der Waals surface area contributed by atoms with Crippen LogP contribution in [-0.4, -0.2) is 37.9 Å². The molecule has 7 heteroatoms. The van der Waals surface area contributed by atoms with E-state index in [-0.39, 0.29) is 17.4 Å². The Morgan fingerprint density at radius 3 is 2.63 bits per heavy atom. The Morgan fingerprint density at radius 1 is 1.19 bits per heavy atom. The molecule has 0 saturated heterocycles. The standard InChI is InChI=1S/C20H29N5O2/c1-12-11-14(19(27)22-13(2)18(26)24-20(3,4)5)16-17(21-12)25-10-8-6-7-9-15(25)23-16/h11,13H,6-10H2,1-5H3,(H,22,27)(H,24,26)/t13-/m1/s1. The van der Waals surface area contributed by atoms with Gasteiger partial charge in [-0.25, -0.2) is 9.97 Å². The van der Waals surface area contributed by atoms with Gasteiger partial charge in [0, 0.05) is 24.2 Å². The van der Waals surface area contributed by atoms with E-state index < -0.39 is 6.04 Å². The Hall–Kier alpha value is -2.44. The van der Waals surface area contributed by atoms with Crippen molar-refractivity contribution < 1.29 is 9.59 Å². The summed E-state index contributed by atoms with van der Waals surface area (Å²) in [6.45, 7) is 10.2. The molecule has 0 aromatic carbocycles. The van der Waals surface area contributed by atoms with E-state index in [1.807, 2.05) is 27.7 Å². The Labute approximate surface area is 159 Å². The van der Waals surface area contributed by atoms with Crippen LogP contribution in [0, 0.1) is 6.92 Å². The van der Waals surface area contributed by atoms with Crippen molar-refractivity contribution in [3.05, 3.63) is 23.1 Å². The summed E-state index contributed by atoms with van der Waals surface area (Å²) in [6.07, 6.45) is 4.29. The highest BCUT2D eigenvalue weighted by Crippen LogP contribution is 2.24. The summed E-state index contributed by atoms with van der Waals surface area (Å²) in [6, 6.07) is 1.11. The first-order valence-corrected chi connectivity index (χ1v) is 9.65. The van der Waals surface area contributed by atoms with Gasteiger partial charge in [-0.2, -0.15) is 0 Å². The summed E-state index contributed by atoms with van der Waals surface area (Å²) in [4.78, 5) is 34.6. The molecule has 0 aliphatic carbocycles. The molecule has 1 aliphatic rings. The lowest BCUT2D eigenvalue weighted by molar-refractivity contribution is -0.124. The van der Waals surface area contributed by atoms with Crippen LogP contribution in [0.5, 0.6) is 0 Å². The molecule has 27 heavy (non-hydrogen) atoms. The van der Waals surface area contributed by atoms with Crippen LogP contribution in [0.4, 0.5) is 0 Å². The van der Waals surface area contributed by atoms with Crippen LogP contribution in [0.2, 0.25) is 0 Å². The number of carbonyl (C=O) groups is 2. The number of nitrogens with one attached hydrogen (secondary N) is 2. The van der Waals surface area contributed by atoms with E-state index >= 15 is 0 Å². The molecular formula is C20H29N5O2. The van der Waals surface area contributed by atoms with Gasteiger partial charge in [0.25, 0.3) is 5.91 Å². The zero-order chi connectivity index (χ0) is 19.8. The van der Waals surface area contributed by atoms with E-state index in [1.165, 1.54) is 6.42 Å². The first-order valence-electron chi connectivity index (χ1n) is 9.65. The van der Waals surface area contributed by atoms with Crippen molar-refractivity contribution in [2.24, 2.45) is 0 Å². The molecule has 2 aromatic rings. The number of rotatable bonds is 3. The second kappa shape index (κ2) is 7.29. The van der Waals surface area contributed by atoms with Crippen LogP contribution in [0.1, 0.15) is 68.8 Å². The molecule has 0 spiro atoms. The summed E-state index contributed by atoms with van der Waals surface area (Å²) < 4.78 is 2.14. The molecule has 0 unspecified atom stereocenters. The average Bonchev–Trinajstić information content (AvgIpc) is 2.75. The highest BCUT2D eigenvalue weighted by Gasteiger charge is 2.24. The lowest BCUT2D eigenvalue weighted by Gasteiger charge is -2.23. The predicted molar refractivity (Wildman–Crippen MR) is 105 cm³/mol. The Bertz CT molecular complexity index is 879. The van der Waals surface area contributed by atoms with Gasteiger partial charge in [-0.3, -0.25) is 9.59 Å². The average molecular weight is 371 g/mol. The van der Waals surface area contributed by atoms with Gasteiger partial charge in [-0.15, -0.1) is 0 Å². The quantitative estimate of drug-likeness (QED) is 0.867. The Kier molecular flexibility index (Phi) is 5.22. The molecular weight excluding hydrogens is 342 g/mol. The largest absolute Gasteiger partial charge is 0.350 e. The summed E-state index contributed by atoms with van der Waals surface area (Å²) >= 11 is 0. The van der Waals surface area contributed by atoms with Crippen molar-refractivity contribution in [1.29, 1.82) is 0 Å². The first kappa shape index (κ1) is 19.3. The van der Waals surface area contributed by atoms with Gasteiger partial charge in [0.1, 0.15) is 17.4 Å². The van der Waals surface area contributed by atoms with Crippen LogP contribution >= 0.6 is 0 Å². The number of fused-ring (bicyclic) bond motifs is 3. The van der Waals surface area contributed by atoms with Crippen molar-refractivity contribution in [2.75, 3.05) is 0 Å². The summed E-state index contributed by atoms with van der Waals surface area (Å²) in [7, 11) is 0. The molecule has 0 saturated carbocycles. The minimum Gasteiger partial charge on any atom is -0.350 e. The number of imidazole rings is 1. The Balaban J connectivity index is 1.90. The van der Waals surface area contributed by atoms with E-state index in [0.29, 0.717) is 11.1 Å². The summed E-state index contributed by atoms with van der Waals surface area (Å²) in [5.74, 6) is 0.488. The fraction of sp³-hybridized carbons (Fsp3) is 0.600. The predicted octanol–water partition coefficient (Wildman–Crippen LogP) is 2.50. The minimum atomic E-state index is -0.638. The second-order valence-corrected chi connectivity index (χ2v) is 8.41. The number of amides is 2. The van der Waals surface area contributed by atoms with Crippen molar-refractivity contribution >= 4 is 23.0 Å². The fourth-order valence-corrected chi connectivity index (χ4v) is 3.41. The molecule has 0 bridgehead atoms. The molecule has 3 rings (SSSR count). The molecule has 146 valence electrons. The van der Waals surface area contributed by atoms with E-state index in [9.17, 15) is 9.59 Å². The molecule has 2 aromatic heterocycles. The van der Waals surface area contributed by atoms with Gasteiger partial charge < -0.3 is 15.2 Å². The summed E-state index contributed by atoms with van der Waals surface area (Å²) in [5, 5.41) is 5.69. The molecule has 2 N–H and O–H groups in total. The molecule has 1 atom stereocenters. The second-order valence-electron chi connectivity index (χ2n) is 8.41. The zero-order valence-corrected chi connectivity index (χ0v) is 16.8. The highest BCUT2D eigenvalue weighted by atomic mass is 16.2. The first-order chi connectivity index (χ1) is 12.7. The third kappa shape index (κ3) is 4.28. The summed E-state index contributed by atoms with van der Waals surface area (Å²) in [5.41, 5.74) is 2.29. The third-order valence-electron chi connectivity index (χ3n) is 4.68. The van der Waals surface area contributed by atoms with Gasteiger partial charge in [0.05, 0.1) is 5.56 Å². The fourth-order valence-electron chi connectivity index (χ4n) is 3.41. The molecule has 7 nitrogen and oxygen atoms in total. The maximum atomic E-state index is 12.9. The van der Waals surface area contributed by atoms with Gasteiger partial charge in [0.15, 0.2) is 5.65 Å². The Morgan fingerprint density at radius 2 is 1.93 bits per heavy atom. The van der Waals surface area contributed by atoms with Gasteiger partial charge >= 0.3 is 0 Å². The van der Waals surface area contributed by atoms with Crippen molar-refractivity contribution in [3.63, 3.8) is 0 Å². The van der Waals surface area contributed by atoms with Gasteiger partial charge in [0.2, 0.25) is 5.91 Å². The maximum Gasteiger partial charge on any atom is 0.254 e. The molecule has 3 heterocycles. The molecule has 2 amide bonds. The smallest absolute Gasteiger partial charge is 0.254 e. The topological polar surface area (TPSA) is 88.9 Å². The van der Waals surface area contributed by atoms with Crippen molar-refractivity contribution in [1.82, 2.24) is 25.2 Å². The van der Waals surface area contributed by atoms with Crippen LogP contribution in [0.3, 0.4) is 0 Å². The van der Waals surface area contributed by atoms with E-state index in [1.54, 1.807) is 13.0 Å². The number of hydrogen-bond donors (Lipinski definition) is 2. The van der Waals surface area contributed by atoms with Gasteiger partial charge in [-0.05, 0) is 53.5 Å². The highest BCUT2D eigenvalue weighted by molar-refractivity contribution is 6.05.